The molecule has 1 saturated heterocycles. The molecule has 0 bridgehead atoms. The van der Waals surface area contributed by atoms with E-state index in [1.54, 1.807) is 62.4 Å². The van der Waals surface area contributed by atoms with Crippen LogP contribution >= 0.6 is 11.8 Å². The first-order valence-corrected chi connectivity index (χ1v) is 11.9. The van der Waals surface area contributed by atoms with Crippen molar-refractivity contribution in [1.29, 1.82) is 0 Å². The predicted octanol–water partition coefficient (Wildman–Crippen LogP) is 4.04. The van der Waals surface area contributed by atoms with Crippen LogP contribution in [0, 0.1) is 5.92 Å². The van der Waals surface area contributed by atoms with Gasteiger partial charge in [-0.25, -0.2) is 4.79 Å². The van der Waals surface area contributed by atoms with Crippen molar-refractivity contribution in [2.45, 2.75) is 31.6 Å². The summed E-state index contributed by atoms with van der Waals surface area (Å²) < 4.78 is 5.25. The van der Waals surface area contributed by atoms with Crippen LogP contribution in [0.4, 0.5) is 5.69 Å². The van der Waals surface area contributed by atoms with E-state index in [0.29, 0.717) is 21.7 Å². The van der Waals surface area contributed by atoms with Crippen LogP contribution in [0.3, 0.4) is 0 Å². The van der Waals surface area contributed by atoms with Crippen LogP contribution in [0.2, 0.25) is 0 Å². The highest BCUT2D eigenvalue weighted by Crippen LogP contribution is 2.24. The SMILES string of the molecule is CC(C)C(=O)Nc1ccc(C(=O)COC(=O)c2ccccc2SCC(=O)N2CCCC2)cc1. The minimum atomic E-state index is -0.610. The van der Waals surface area contributed by atoms with Crippen LogP contribution in [0.1, 0.15) is 47.4 Å². The van der Waals surface area contributed by atoms with Gasteiger partial charge in [-0.3, -0.25) is 14.4 Å². The number of Topliss-reactive ketones (excluding diaryl/α,β-unsaturated/α-hetero) is 1. The van der Waals surface area contributed by atoms with Gasteiger partial charge in [-0.15, -0.1) is 11.8 Å². The molecule has 0 atom stereocenters. The maximum atomic E-state index is 12.6. The van der Waals surface area contributed by atoms with Gasteiger partial charge in [-0.05, 0) is 49.2 Å². The molecule has 2 amide bonds. The summed E-state index contributed by atoms with van der Waals surface area (Å²) in [6, 6.07) is 13.3. The summed E-state index contributed by atoms with van der Waals surface area (Å²) in [6.07, 6.45) is 2.06. The van der Waals surface area contributed by atoms with Crippen molar-refractivity contribution in [3.8, 4) is 0 Å². The Morgan fingerprint density at radius 2 is 1.67 bits per heavy atom. The average molecular weight is 469 g/mol. The number of nitrogens with one attached hydrogen (secondary N) is 1. The molecule has 1 heterocycles. The fraction of sp³-hybridized carbons (Fsp3) is 0.360. The first kappa shape index (κ1) is 24.5. The van der Waals surface area contributed by atoms with Gasteiger partial charge in [0.05, 0.1) is 11.3 Å². The Labute approximate surface area is 197 Å². The molecule has 0 aliphatic carbocycles. The lowest BCUT2D eigenvalue weighted by Crippen LogP contribution is -2.29. The van der Waals surface area contributed by atoms with Crippen molar-refractivity contribution in [3.05, 3.63) is 59.7 Å². The van der Waals surface area contributed by atoms with E-state index >= 15 is 0 Å². The van der Waals surface area contributed by atoms with E-state index in [0.717, 1.165) is 25.9 Å². The minimum absolute atomic E-state index is 0.0591. The van der Waals surface area contributed by atoms with E-state index in [9.17, 15) is 19.2 Å². The van der Waals surface area contributed by atoms with Crippen molar-refractivity contribution in [1.82, 2.24) is 4.90 Å². The van der Waals surface area contributed by atoms with E-state index in [1.165, 1.54) is 11.8 Å². The molecule has 1 N–H and O–H groups in total. The molecule has 7 nitrogen and oxygen atoms in total. The van der Waals surface area contributed by atoms with Crippen molar-refractivity contribution in [3.63, 3.8) is 0 Å². The molecule has 3 rings (SSSR count). The number of hydrogen-bond acceptors (Lipinski definition) is 6. The second-order valence-electron chi connectivity index (χ2n) is 8.09. The molecule has 0 unspecified atom stereocenters. The summed E-state index contributed by atoms with van der Waals surface area (Å²) in [4.78, 5) is 51.6. The highest BCUT2D eigenvalue weighted by molar-refractivity contribution is 8.00. The number of amides is 2. The zero-order valence-corrected chi connectivity index (χ0v) is 19.7. The molecule has 0 aromatic heterocycles. The monoisotopic (exact) mass is 468 g/mol. The molecule has 0 saturated carbocycles. The highest BCUT2D eigenvalue weighted by Gasteiger charge is 2.20. The van der Waals surface area contributed by atoms with Gasteiger partial charge in [0, 0.05) is 35.2 Å². The second kappa shape index (κ2) is 11.7. The van der Waals surface area contributed by atoms with Gasteiger partial charge in [0.1, 0.15) is 0 Å². The number of carbonyl (C=O) groups is 4. The molecule has 2 aromatic carbocycles. The van der Waals surface area contributed by atoms with E-state index in [1.807, 2.05) is 4.90 Å². The summed E-state index contributed by atoms with van der Waals surface area (Å²) in [5, 5.41) is 2.76. The molecule has 174 valence electrons. The molecule has 8 heteroatoms. The molecule has 1 fully saturated rings. The molecule has 1 aliphatic heterocycles. The van der Waals surface area contributed by atoms with Crippen molar-refractivity contribution in [2.75, 3.05) is 30.8 Å². The Hall–Kier alpha value is -3.13. The Morgan fingerprint density at radius 3 is 2.33 bits per heavy atom. The quantitative estimate of drug-likeness (QED) is 0.339. The van der Waals surface area contributed by atoms with Crippen molar-refractivity contribution in [2.24, 2.45) is 5.92 Å². The number of benzene rings is 2. The number of esters is 1. The Balaban J connectivity index is 1.54. The summed E-state index contributed by atoms with van der Waals surface area (Å²) in [5.41, 5.74) is 1.30. The van der Waals surface area contributed by atoms with Gasteiger partial charge in [0.2, 0.25) is 11.8 Å². The lowest BCUT2D eigenvalue weighted by molar-refractivity contribution is -0.127. The van der Waals surface area contributed by atoms with Crippen LogP contribution in [0.25, 0.3) is 0 Å². The van der Waals surface area contributed by atoms with Gasteiger partial charge >= 0.3 is 5.97 Å². The summed E-state index contributed by atoms with van der Waals surface area (Å²) in [5.74, 6) is -0.904. The third-order valence-corrected chi connectivity index (χ3v) is 6.31. The van der Waals surface area contributed by atoms with Gasteiger partial charge in [0.15, 0.2) is 12.4 Å². The zero-order valence-electron chi connectivity index (χ0n) is 18.8. The number of rotatable bonds is 9. The number of thioether (sulfide) groups is 1. The van der Waals surface area contributed by atoms with Gasteiger partial charge in [-0.2, -0.15) is 0 Å². The lowest BCUT2D eigenvalue weighted by atomic mass is 10.1. The van der Waals surface area contributed by atoms with Gasteiger partial charge in [0.25, 0.3) is 0 Å². The number of ketones is 1. The van der Waals surface area contributed by atoms with Gasteiger partial charge in [-0.1, -0.05) is 26.0 Å². The Kier molecular flexibility index (Phi) is 8.65. The van der Waals surface area contributed by atoms with E-state index in [2.05, 4.69) is 5.32 Å². The minimum Gasteiger partial charge on any atom is -0.454 e. The van der Waals surface area contributed by atoms with Crippen LogP contribution < -0.4 is 5.32 Å². The third kappa shape index (κ3) is 6.92. The maximum absolute atomic E-state index is 12.6. The number of carbonyl (C=O) groups excluding carboxylic acids is 4. The average Bonchev–Trinajstić information content (AvgIpc) is 3.36. The van der Waals surface area contributed by atoms with Crippen molar-refractivity contribution >= 4 is 41.0 Å². The zero-order chi connectivity index (χ0) is 23.8. The van der Waals surface area contributed by atoms with E-state index < -0.39 is 12.6 Å². The first-order chi connectivity index (χ1) is 15.8. The molecular weight excluding hydrogens is 440 g/mol. The molecule has 0 spiro atoms. The second-order valence-corrected chi connectivity index (χ2v) is 9.11. The third-order valence-electron chi connectivity index (χ3n) is 5.25. The summed E-state index contributed by atoms with van der Waals surface area (Å²) in [6.45, 7) is 4.77. The lowest BCUT2D eigenvalue weighted by Gasteiger charge is -2.15. The molecular formula is C25H28N2O5S. The van der Waals surface area contributed by atoms with E-state index in [-0.39, 0.29) is 29.3 Å². The topological polar surface area (TPSA) is 92.8 Å². The van der Waals surface area contributed by atoms with E-state index in [4.69, 9.17) is 4.74 Å². The summed E-state index contributed by atoms with van der Waals surface area (Å²) in [7, 11) is 0. The maximum Gasteiger partial charge on any atom is 0.339 e. The smallest absolute Gasteiger partial charge is 0.339 e. The molecule has 1 aliphatic rings. The number of ether oxygens (including phenoxy) is 1. The Morgan fingerprint density at radius 1 is 1.00 bits per heavy atom. The van der Waals surface area contributed by atoms with Crippen LogP contribution in [-0.4, -0.2) is 53.9 Å². The molecule has 0 radical (unpaired) electrons. The largest absolute Gasteiger partial charge is 0.454 e. The number of hydrogen-bond donors (Lipinski definition) is 1. The summed E-state index contributed by atoms with van der Waals surface area (Å²) >= 11 is 1.30. The van der Waals surface area contributed by atoms with Gasteiger partial charge < -0.3 is 15.0 Å². The fourth-order valence-corrected chi connectivity index (χ4v) is 4.22. The highest BCUT2D eigenvalue weighted by atomic mass is 32.2. The molecule has 33 heavy (non-hydrogen) atoms. The first-order valence-electron chi connectivity index (χ1n) is 11.0. The van der Waals surface area contributed by atoms with Crippen LogP contribution in [0.15, 0.2) is 53.4 Å². The van der Waals surface area contributed by atoms with Crippen molar-refractivity contribution < 1.29 is 23.9 Å². The van der Waals surface area contributed by atoms with Crippen LogP contribution in [-0.2, 0) is 14.3 Å². The standard InChI is InChI=1S/C25H28N2O5S/c1-17(2)24(30)26-19-11-9-18(10-12-19)21(28)15-32-25(31)20-7-3-4-8-22(20)33-16-23(29)27-13-5-6-14-27/h3-4,7-12,17H,5-6,13-16H2,1-2H3,(H,26,30). The predicted molar refractivity (Wildman–Crippen MR) is 128 cm³/mol. The fourth-order valence-electron chi connectivity index (χ4n) is 3.28. The molecule has 2 aromatic rings. The number of nitrogens with zero attached hydrogens (tertiary/aromatic N) is 1. The number of anilines is 1. The normalized spacial score (nSPS) is 13.1. The number of likely N-dealkylation sites (tertiary alicyclic amines) is 1. The Bertz CT molecular complexity index is 1010. The van der Waals surface area contributed by atoms with Crippen LogP contribution in [0.5, 0.6) is 0 Å².